The second-order valence-electron chi connectivity index (χ2n) is 3.46. The summed E-state index contributed by atoms with van der Waals surface area (Å²) < 4.78 is 5.54. The van der Waals surface area contributed by atoms with Crippen molar-refractivity contribution in [3.8, 4) is 17.7 Å². The Hall–Kier alpha value is -2.41. The smallest absolute Gasteiger partial charge is 0.239 e. The number of benzene rings is 1. The molecule has 0 atom stereocenters. The summed E-state index contributed by atoms with van der Waals surface area (Å²) in [5.74, 6) is 1.03. The first kappa shape index (κ1) is 11.1. The summed E-state index contributed by atoms with van der Waals surface area (Å²) in [4.78, 5) is 7.88. The van der Waals surface area contributed by atoms with E-state index in [1.165, 1.54) is 18.0 Å². The van der Waals surface area contributed by atoms with Gasteiger partial charge in [0.15, 0.2) is 5.69 Å². The molecule has 2 aromatic rings. The van der Waals surface area contributed by atoms with Gasteiger partial charge in [-0.25, -0.2) is 0 Å². The maximum atomic E-state index is 8.70. The standard InChI is InChI=1S/C13H11N3O/c1-2-10-4-3-5-12(6-10)17-13-9-15-8-11(7-14)16-13/h3-6,8-9H,2H2,1H3. The molecule has 0 fully saturated rings. The zero-order valence-electron chi connectivity index (χ0n) is 9.42. The molecule has 0 N–H and O–H groups in total. The molecule has 1 aromatic heterocycles. The van der Waals surface area contributed by atoms with E-state index in [-0.39, 0.29) is 5.69 Å². The van der Waals surface area contributed by atoms with Gasteiger partial charge in [-0.3, -0.25) is 4.98 Å². The molecule has 0 aliphatic carbocycles. The topological polar surface area (TPSA) is 58.8 Å². The van der Waals surface area contributed by atoms with Crippen molar-refractivity contribution in [2.75, 3.05) is 0 Å². The second-order valence-corrected chi connectivity index (χ2v) is 3.46. The van der Waals surface area contributed by atoms with E-state index >= 15 is 0 Å². The Balaban J connectivity index is 2.22. The molecule has 0 aliphatic rings. The van der Waals surface area contributed by atoms with Crippen LogP contribution in [0.4, 0.5) is 0 Å². The number of nitriles is 1. The van der Waals surface area contributed by atoms with Crippen LogP contribution in [0.25, 0.3) is 0 Å². The Morgan fingerprint density at radius 2 is 2.24 bits per heavy atom. The molecule has 0 aliphatic heterocycles. The number of ether oxygens (including phenoxy) is 1. The first-order valence-corrected chi connectivity index (χ1v) is 5.30. The number of aryl methyl sites for hydroxylation is 1. The van der Waals surface area contributed by atoms with Crippen LogP contribution in [0.1, 0.15) is 18.2 Å². The van der Waals surface area contributed by atoms with E-state index in [1.807, 2.05) is 30.3 Å². The van der Waals surface area contributed by atoms with Gasteiger partial charge in [-0.15, -0.1) is 0 Å². The minimum Gasteiger partial charge on any atom is -0.437 e. The molecule has 0 radical (unpaired) electrons. The molecule has 4 heteroatoms. The van der Waals surface area contributed by atoms with Gasteiger partial charge in [-0.1, -0.05) is 19.1 Å². The van der Waals surface area contributed by atoms with Crippen molar-refractivity contribution in [3.05, 3.63) is 47.9 Å². The highest BCUT2D eigenvalue weighted by Gasteiger charge is 2.01. The molecule has 1 aromatic carbocycles. The molecule has 0 amide bonds. The van der Waals surface area contributed by atoms with Gasteiger partial charge < -0.3 is 4.74 Å². The minimum atomic E-state index is 0.245. The van der Waals surface area contributed by atoms with Crippen molar-refractivity contribution in [1.82, 2.24) is 9.97 Å². The Bertz CT molecular complexity index is 561. The lowest BCUT2D eigenvalue weighted by Crippen LogP contribution is -1.92. The van der Waals surface area contributed by atoms with Gasteiger partial charge in [0.25, 0.3) is 0 Å². The van der Waals surface area contributed by atoms with E-state index in [0.717, 1.165) is 6.42 Å². The minimum absolute atomic E-state index is 0.245. The van der Waals surface area contributed by atoms with Crippen molar-refractivity contribution in [1.29, 1.82) is 5.26 Å². The number of rotatable bonds is 3. The molecule has 0 saturated heterocycles. The van der Waals surface area contributed by atoms with E-state index < -0.39 is 0 Å². The van der Waals surface area contributed by atoms with Crippen molar-refractivity contribution in [2.24, 2.45) is 0 Å². The third-order valence-electron chi connectivity index (χ3n) is 2.26. The lowest BCUT2D eigenvalue weighted by molar-refractivity contribution is 0.459. The molecule has 0 saturated carbocycles. The predicted molar refractivity (Wildman–Crippen MR) is 62.6 cm³/mol. The Morgan fingerprint density at radius 3 is 3.00 bits per heavy atom. The van der Waals surface area contributed by atoms with Gasteiger partial charge in [-0.2, -0.15) is 10.2 Å². The lowest BCUT2D eigenvalue weighted by atomic mass is 10.2. The van der Waals surface area contributed by atoms with Gasteiger partial charge in [0.05, 0.1) is 12.4 Å². The molecule has 1 heterocycles. The highest BCUT2D eigenvalue weighted by molar-refractivity contribution is 5.31. The van der Waals surface area contributed by atoms with Crippen LogP contribution in [-0.2, 0) is 6.42 Å². The predicted octanol–water partition coefficient (Wildman–Crippen LogP) is 2.70. The number of hydrogen-bond acceptors (Lipinski definition) is 4. The fourth-order valence-corrected chi connectivity index (χ4v) is 1.40. The van der Waals surface area contributed by atoms with Crippen LogP contribution in [0.5, 0.6) is 11.6 Å². The molecule has 4 nitrogen and oxygen atoms in total. The van der Waals surface area contributed by atoms with Crippen LogP contribution in [0, 0.1) is 11.3 Å². The third kappa shape index (κ3) is 2.79. The third-order valence-corrected chi connectivity index (χ3v) is 2.26. The summed E-state index contributed by atoms with van der Waals surface area (Å²) in [5.41, 5.74) is 1.43. The molecule has 84 valence electrons. The maximum absolute atomic E-state index is 8.70. The zero-order chi connectivity index (χ0) is 12.1. The summed E-state index contributed by atoms with van der Waals surface area (Å²) in [6.45, 7) is 2.08. The van der Waals surface area contributed by atoms with Gasteiger partial charge in [0.2, 0.25) is 5.88 Å². The van der Waals surface area contributed by atoms with E-state index in [9.17, 15) is 0 Å². The van der Waals surface area contributed by atoms with E-state index in [1.54, 1.807) is 0 Å². The highest BCUT2D eigenvalue weighted by Crippen LogP contribution is 2.20. The van der Waals surface area contributed by atoms with Crippen molar-refractivity contribution in [3.63, 3.8) is 0 Å². The van der Waals surface area contributed by atoms with E-state index in [2.05, 4.69) is 16.9 Å². The number of nitrogens with zero attached hydrogens (tertiary/aromatic N) is 3. The Labute approximate surface area is 99.5 Å². The van der Waals surface area contributed by atoms with Crippen molar-refractivity contribution < 1.29 is 4.74 Å². The largest absolute Gasteiger partial charge is 0.437 e. The summed E-state index contributed by atoms with van der Waals surface area (Å²) in [7, 11) is 0. The molecule has 0 bridgehead atoms. The molecule has 17 heavy (non-hydrogen) atoms. The summed E-state index contributed by atoms with van der Waals surface area (Å²) in [6, 6.07) is 9.67. The average molecular weight is 225 g/mol. The van der Waals surface area contributed by atoms with Crippen molar-refractivity contribution >= 4 is 0 Å². The number of hydrogen-bond donors (Lipinski definition) is 0. The lowest BCUT2D eigenvalue weighted by Gasteiger charge is -2.05. The molecule has 2 rings (SSSR count). The fraction of sp³-hybridized carbons (Fsp3) is 0.154. The Kier molecular flexibility index (Phi) is 3.31. The van der Waals surface area contributed by atoms with Crippen LogP contribution < -0.4 is 4.74 Å². The van der Waals surface area contributed by atoms with Crippen LogP contribution in [0.3, 0.4) is 0 Å². The second kappa shape index (κ2) is 5.08. The molecule has 0 spiro atoms. The quantitative estimate of drug-likeness (QED) is 0.805. The van der Waals surface area contributed by atoms with Crippen molar-refractivity contribution in [2.45, 2.75) is 13.3 Å². The van der Waals surface area contributed by atoms with E-state index in [4.69, 9.17) is 10.00 Å². The van der Waals surface area contributed by atoms with Crippen LogP contribution in [0.2, 0.25) is 0 Å². The fourth-order valence-electron chi connectivity index (χ4n) is 1.40. The molecular formula is C13H11N3O. The van der Waals surface area contributed by atoms with Gasteiger partial charge in [0.1, 0.15) is 11.8 Å². The molecule has 0 unspecified atom stereocenters. The first-order valence-electron chi connectivity index (χ1n) is 5.30. The Morgan fingerprint density at radius 1 is 1.35 bits per heavy atom. The van der Waals surface area contributed by atoms with Crippen LogP contribution >= 0.6 is 0 Å². The highest BCUT2D eigenvalue weighted by atomic mass is 16.5. The molecular weight excluding hydrogens is 214 g/mol. The van der Waals surface area contributed by atoms with Crippen LogP contribution in [-0.4, -0.2) is 9.97 Å². The SMILES string of the molecule is CCc1cccc(Oc2cncc(C#N)n2)c1. The first-order chi connectivity index (χ1) is 8.31. The summed E-state index contributed by atoms with van der Waals surface area (Å²) >= 11 is 0. The summed E-state index contributed by atoms with van der Waals surface area (Å²) in [6.07, 6.45) is 3.83. The van der Waals surface area contributed by atoms with E-state index in [0.29, 0.717) is 11.6 Å². The number of aromatic nitrogens is 2. The van der Waals surface area contributed by atoms with Gasteiger partial charge in [-0.05, 0) is 24.1 Å². The maximum Gasteiger partial charge on any atom is 0.239 e. The summed E-state index contributed by atoms with van der Waals surface area (Å²) in [5, 5.41) is 8.70. The zero-order valence-corrected chi connectivity index (χ0v) is 9.42. The normalized spacial score (nSPS) is 9.65. The van der Waals surface area contributed by atoms with Gasteiger partial charge in [0, 0.05) is 0 Å². The average Bonchev–Trinajstić information content (AvgIpc) is 2.39. The monoisotopic (exact) mass is 225 g/mol. The van der Waals surface area contributed by atoms with Crippen LogP contribution in [0.15, 0.2) is 36.7 Å². The van der Waals surface area contributed by atoms with Gasteiger partial charge >= 0.3 is 0 Å².